The zero-order valence-corrected chi connectivity index (χ0v) is 14.2. The zero-order chi connectivity index (χ0) is 16.9. The number of hydrogen-bond acceptors (Lipinski definition) is 7. The molecule has 7 nitrogen and oxygen atoms in total. The van der Waals surface area contributed by atoms with Gasteiger partial charge in [0.05, 0.1) is 4.88 Å². The van der Waals surface area contributed by atoms with Crippen LogP contribution >= 0.6 is 11.3 Å². The summed E-state index contributed by atoms with van der Waals surface area (Å²) in [6.07, 6.45) is 2.27. The number of carbonyl (C=O) groups is 1. The molecule has 3 heterocycles. The van der Waals surface area contributed by atoms with E-state index in [1.54, 1.807) is 24.4 Å². The lowest BCUT2D eigenvalue weighted by Crippen LogP contribution is -2.29. The van der Waals surface area contributed by atoms with Crippen molar-refractivity contribution in [2.45, 2.75) is 26.3 Å². The average Bonchev–Trinajstić information content (AvgIpc) is 3.26. The van der Waals surface area contributed by atoms with Crippen LogP contribution in [-0.2, 0) is 0 Å². The van der Waals surface area contributed by atoms with Crippen LogP contribution in [-0.4, -0.2) is 26.2 Å². The fourth-order valence-corrected chi connectivity index (χ4v) is 2.86. The molecule has 1 unspecified atom stereocenters. The van der Waals surface area contributed by atoms with Gasteiger partial charge in [-0.3, -0.25) is 4.79 Å². The lowest BCUT2D eigenvalue weighted by molar-refractivity contribution is 0.0926. The Morgan fingerprint density at radius 1 is 1.33 bits per heavy atom. The van der Waals surface area contributed by atoms with Crippen LogP contribution < -0.4 is 5.32 Å². The van der Waals surface area contributed by atoms with E-state index in [-0.39, 0.29) is 11.9 Å². The molecule has 0 aromatic carbocycles. The number of rotatable bonds is 6. The van der Waals surface area contributed by atoms with E-state index < -0.39 is 0 Å². The van der Waals surface area contributed by atoms with Gasteiger partial charge in [0.15, 0.2) is 0 Å². The summed E-state index contributed by atoms with van der Waals surface area (Å²) in [7, 11) is 0. The second-order valence-electron chi connectivity index (χ2n) is 5.70. The molecule has 0 aliphatic rings. The molecule has 0 spiro atoms. The summed E-state index contributed by atoms with van der Waals surface area (Å²) < 4.78 is 5.36. The molecule has 24 heavy (non-hydrogen) atoms. The van der Waals surface area contributed by atoms with Crippen LogP contribution in [0.5, 0.6) is 0 Å². The molecule has 0 radical (unpaired) electrons. The largest absolute Gasteiger partial charge is 0.340 e. The average molecular weight is 343 g/mol. The number of nitrogens with one attached hydrogen (secondary N) is 1. The molecule has 8 heteroatoms. The fourth-order valence-electron chi connectivity index (χ4n) is 2.23. The van der Waals surface area contributed by atoms with Gasteiger partial charge in [-0.2, -0.15) is 10.1 Å². The van der Waals surface area contributed by atoms with E-state index >= 15 is 0 Å². The normalized spacial score (nSPS) is 12.3. The van der Waals surface area contributed by atoms with Gasteiger partial charge < -0.3 is 9.84 Å². The Kier molecular flexibility index (Phi) is 4.95. The number of thiophene rings is 1. The maximum absolute atomic E-state index is 12.3. The summed E-state index contributed by atoms with van der Waals surface area (Å²) in [5, 5.41) is 16.6. The van der Waals surface area contributed by atoms with Gasteiger partial charge in [-0.15, -0.1) is 16.4 Å². The molecular formula is C16H17N5O2S. The van der Waals surface area contributed by atoms with Crippen molar-refractivity contribution >= 4 is 17.2 Å². The Bertz CT molecular complexity index is 786. The number of amides is 1. The fraction of sp³-hybridized carbons (Fsp3) is 0.312. The first kappa shape index (κ1) is 16.3. The Hall–Kier alpha value is -2.61. The Morgan fingerprint density at radius 3 is 2.88 bits per heavy atom. The molecule has 1 amide bonds. The maximum atomic E-state index is 12.3. The minimum absolute atomic E-state index is 0.144. The van der Waals surface area contributed by atoms with E-state index in [0.717, 1.165) is 0 Å². The van der Waals surface area contributed by atoms with Gasteiger partial charge in [-0.05, 0) is 35.9 Å². The lowest BCUT2D eigenvalue weighted by Gasteiger charge is -2.16. The molecule has 0 fully saturated rings. The van der Waals surface area contributed by atoms with Crippen molar-refractivity contribution < 1.29 is 9.32 Å². The first-order valence-electron chi connectivity index (χ1n) is 7.59. The van der Waals surface area contributed by atoms with Gasteiger partial charge in [-0.25, -0.2) is 0 Å². The van der Waals surface area contributed by atoms with E-state index in [9.17, 15) is 4.79 Å². The summed E-state index contributed by atoms with van der Waals surface area (Å²) in [4.78, 5) is 17.4. The first-order chi connectivity index (χ1) is 11.6. The van der Waals surface area contributed by atoms with Crippen LogP contribution in [0.2, 0.25) is 0 Å². The molecule has 3 aromatic heterocycles. The van der Waals surface area contributed by atoms with Crippen molar-refractivity contribution in [2.24, 2.45) is 5.92 Å². The molecule has 124 valence electrons. The summed E-state index contributed by atoms with van der Waals surface area (Å²) >= 11 is 1.39. The molecular weight excluding hydrogens is 326 g/mol. The van der Waals surface area contributed by atoms with Crippen molar-refractivity contribution in [3.05, 3.63) is 46.6 Å². The Labute approximate surface area is 143 Å². The first-order valence-corrected chi connectivity index (χ1v) is 8.47. The SMILES string of the molecule is CC(C)CC(NC(=O)c1cccs1)c1nc(-c2cccnn2)no1. The van der Waals surface area contributed by atoms with Gasteiger partial charge in [0.2, 0.25) is 11.7 Å². The van der Waals surface area contributed by atoms with Crippen LogP contribution in [0.1, 0.15) is 41.9 Å². The minimum atomic E-state index is -0.350. The summed E-state index contributed by atoms with van der Waals surface area (Å²) in [6, 6.07) is 6.78. The molecule has 0 aliphatic carbocycles. The highest BCUT2D eigenvalue weighted by Crippen LogP contribution is 2.23. The van der Waals surface area contributed by atoms with Crippen molar-refractivity contribution in [3.8, 4) is 11.5 Å². The Balaban J connectivity index is 1.81. The molecule has 1 N–H and O–H groups in total. The number of hydrogen-bond donors (Lipinski definition) is 1. The van der Waals surface area contributed by atoms with Gasteiger partial charge in [-0.1, -0.05) is 25.1 Å². The van der Waals surface area contributed by atoms with Crippen LogP contribution in [0.3, 0.4) is 0 Å². The van der Waals surface area contributed by atoms with Gasteiger partial charge in [0.25, 0.3) is 5.91 Å². The summed E-state index contributed by atoms with van der Waals surface area (Å²) in [5.74, 6) is 0.937. The van der Waals surface area contributed by atoms with E-state index in [4.69, 9.17) is 4.52 Å². The third kappa shape index (κ3) is 3.83. The molecule has 1 atom stereocenters. The third-order valence-electron chi connectivity index (χ3n) is 3.30. The van der Waals surface area contributed by atoms with Crippen molar-refractivity contribution in [1.82, 2.24) is 25.7 Å². The predicted octanol–water partition coefficient (Wildman–Crippen LogP) is 3.11. The van der Waals surface area contributed by atoms with Crippen LogP contribution in [0.15, 0.2) is 40.4 Å². The van der Waals surface area contributed by atoms with Crippen molar-refractivity contribution in [3.63, 3.8) is 0 Å². The molecule has 3 aromatic rings. The molecule has 0 aliphatic heterocycles. The van der Waals surface area contributed by atoms with Crippen LogP contribution in [0.25, 0.3) is 11.5 Å². The minimum Gasteiger partial charge on any atom is -0.340 e. The highest BCUT2D eigenvalue weighted by Gasteiger charge is 2.24. The smallest absolute Gasteiger partial charge is 0.261 e. The van der Waals surface area contributed by atoms with E-state index in [1.807, 2.05) is 11.4 Å². The van der Waals surface area contributed by atoms with Crippen molar-refractivity contribution in [1.29, 1.82) is 0 Å². The number of aromatic nitrogens is 4. The molecule has 0 bridgehead atoms. The maximum Gasteiger partial charge on any atom is 0.261 e. The molecule has 3 rings (SSSR count). The second kappa shape index (κ2) is 7.31. The standard InChI is InChI=1S/C16H17N5O2S/c1-10(2)9-12(18-15(22)13-6-4-8-24-13)16-19-14(21-23-16)11-5-3-7-17-20-11/h3-8,10,12H,9H2,1-2H3,(H,18,22). The van der Waals surface area contributed by atoms with Crippen molar-refractivity contribution in [2.75, 3.05) is 0 Å². The predicted molar refractivity (Wildman–Crippen MR) is 89.3 cm³/mol. The monoisotopic (exact) mass is 343 g/mol. The number of nitrogens with zero attached hydrogens (tertiary/aromatic N) is 4. The zero-order valence-electron chi connectivity index (χ0n) is 13.3. The quantitative estimate of drug-likeness (QED) is 0.739. The van der Waals surface area contributed by atoms with E-state index in [2.05, 4.69) is 39.5 Å². The number of carbonyl (C=O) groups excluding carboxylic acids is 1. The molecule has 0 saturated heterocycles. The summed E-state index contributed by atoms with van der Waals surface area (Å²) in [6.45, 7) is 4.15. The van der Waals surface area contributed by atoms with Gasteiger partial charge in [0.1, 0.15) is 11.7 Å². The van der Waals surface area contributed by atoms with Gasteiger partial charge in [0, 0.05) is 6.20 Å². The van der Waals surface area contributed by atoms with Gasteiger partial charge >= 0.3 is 0 Å². The highest BCUT2D eigenvalue weighted by atomic mass is 32.1. The second-order valence-corrected chi connectivity index (χ2v) is 6.65. The van der Waals surface area contributed by atoms with Crippen LogP contribution in [0, 0.1) is 5.92 Å². The van der Waals surface area contributed by atoms with E-state index in [0.29, 0.717) is 34.6 Å². The summed E-state index contributed by atoms with van der Waals surface area (Å²) in [5.41, 5.74) is 0.528. The van der Waals surface area contributed by atoms with Crippen LogP contribution in [0.4, 0.5) is 0 Å². The van der Waals surface area contributed by atoms with E-state index in [1.165, 1.54) is 11.3 Å². The Morgan fingerprint density at radius 2 is 2.21 bits per heavy atom. The highest BCUT2D eigenvalue weighted by molar-refractivity contribution is 7.12. The molecule has 0 saturated carbocycles. The third-order valence-corrected chi connectivity index (χ3v) is 4.17. The topological polar surface area (TPSA) is 93.8 Å². The lowest BCUT2D eigenvalue weighted by atomic mass is 10.0.